The molecule has 3 nitrogen and oxygen atoms in total. The van der Waals surface area contributed by atoms with Crippen molar-refractivity contribution in [2.45, 2.75) is 23.3 Å². The van der Waals surface area contributed by atoms with E-state index < -0.39 is 24.3 Å². The number of aliphatic hydroxyl groups is 1. The van der Waals surface area contributed by atoms with Crippen LogP contribution in [0, 0.1) is 17.1 Å². The smallest absolute Gasteiger partial charge is 0.165 e. The first-order valence-electron chi connectivity index (χ1n) is 7.01. The van der Waals surface area contributed by atoms with Gasteiger partial charge in [0.05, 0.1) is 11.6 Å². The second kappa shape index (κ2) is 6.38. The Morgan fingerprint density at radius 2 is 1.96 bits per heavy atom. The molecule has 1 aliphatic carbocycles. The molecule has 0 saturated heterocycles. The maximum absolute atomic E-state index is 14.3. The number of rotatable bonds is 3. The van der Waals surface area contributed by atoms with Gasteiger partial charge < -0.3 is 9.84 Å². The number of halogens is 3. The van der Waals surface area contributed by atoms with Gasteiger partial charge in [-0.05, 0) is 30.5 Å². The van der Waals surface area contributed by atoms with Gasteiger partial charge in [0.15, 0.2) is 12.3 Å². The fourth-order valence-electron chi connectivity index (χ4n) is 2.74. The summed E-state index contributed by atoms with van der Waals surface area (Å²) in [5.74, 6) is -0.694. The molecule has 1 aliphatic rings. The van der Waals surface area contributed by atoms with Crippen molar-refractivity contribution in [3.63, 3.8) is 0 Å². The Morgan fingerprint density at radius 1 is 1.21 bits per heavy atom. The van der Waals surface area contributed by atoms with Gasteiger partial charge in [0.2, 0.25) is 0 Å². The Kier molecular flexibility index (Phi) is 4.43. The first-order valence-corrected chi connectivity index (χ1v) is 8.24. The van der Waals surface area contributed by atoms with Gasteiger partial charge in [0, 0.05) is 22.1 Å². The van der Waals surface area contributed by atoms with Gasteiger partial charge in [-0.1, -0.05) is 0 Å². The van der Waals surface area contributed by atoms with Crippen molar-refractivity contribution in [2.75, 3.05) is 6.26 Å². The molecule has 0 aliphatic heterocycles. The van der Waals surface area contributed by atoms with Crippen LogP contribution in [0.15, 0.2) is 35.2 Å². The quantitative estimate of drug-likeness (QED) is 0.821. The lowest BCUT2D eigenvalue weighted by Crippen LogP contribution is -2.09. The standard InChI is InChI=1S/C17H12F3NO2S/c1-24-12-3-2-11(13-14(12)17(22)16(20)15(13)19)23-10-5-8(7-21)4-9(18)6-10/h2-6,15-17,22H,1H3. The predicted molar refractivity (Wildman–Crippen MR) is 83.1 cm³/mol. The number of thioether (sulfide) groups is 1. The molecule has 0 bridgehead atoms. The van der Waals surface area contributed by atoms with Crippen LogP contribution in [-0.4, -0.2) is 17.5 Å². The van der Waals surface area contributed by atoms with E-state index in [0.29, 0.717) is 4.90 Å². The van der Waals surface area contributed by atoms with Gasteiger partial charge in [-0.2, -0.15) is 5.26 Å². The predicted octanol–water partition coefficient (Wildman–Crippen LogP) is 4.61. The largest absolute Gasteiger partial charge is 0.457 e. The van der Waals surface area contributed by atoms with Crippen molar-refractivity contribution in [3.05, 3.63) is 52.8 Å². The van der Waals surface area contributed by atoms with Gasteiger partial charge in [0.25, 0.3) is 0 Å². The zero-order valence-corrected chi connectivity index (χ0v) is 13.3. The summed E-state index contributed by atoms with van der Waals surface area (Å²) in [6, 6.07) is 8.19. The summed E-state index contributed by atoms with van der Waals surface area (Å²) in [7, 11) is 0. The number of aliphatic hydroxyl groups excluding tert-OH is 1. The minimum absolute atomic E-state index is 0.00495. The molecule has 1 N–H and O–H groups in total. The summed E-state index contributed by atoms with van der Waals surface area (Å²) in [5.41, 5.74) is 0.115. The lowest BCUT2D eigenvalue weighted by Gasteiger charge is -2.14. The van der Waals surface area contributed by atoms with Crippen LogP contribution in [0.4, 0.5) is 13.2 Å². The third-order valence-corrected chi connectivity index (χ3v) is 4.60. The molecule has 0 aromatic heterocycles. The minimum atomic E-state index is -2.09. The second-order valence-electron chi connectivity index (χ2n) is 5.27. The molecule has 2 aromatic carbocycles. The summed E-state index contributed by atoms with van der Waals surface area (Å²) >= 11 is 1.25. The third kappa shape index (κ3) is 2.72. The highest BCUT2D eigenvalue weighted by Gasteiger charge is 2.44. The lowest BCUT2D eigenvalue weighted by molar-refractivity contribution is 0.0455. The molecular formula is C17H12F3NO2S. The number of alkyl halides is 2. The molecule has 0 saturated carbocycles. The molecule has 7 heteroatoms. The number of hydrogen-bond donors (Lipinski definition) is 1. The van der Waals surface area contributed by atoms with E-state index in [1.165, 1.54) is 23.9 Å². The molecular weight excluding hydrogens is 339 g/mol. The monoisotopic (exact) mass is 351 g/mol. The van der Waals surface area contributed by atoms with Crippen LogP contribution in [0.3, 0.4) is 0 Å². The molecule has 0 fully saturated rings. The van der Waals surface area contributed by atoms with Gasteiger partial charge in [-0.15, -0.1) is 11.8 Å². The Labute approximate surface area is 140 Å². The normalized spacial score (nSPS) is 22.1. The fourth-order valence-corrected chi connectivity index (χ4v) is 3.40. The van der Waals surface area contributed by atoms with Crippen molar-refractivity contribution >= 4 is 11.8 Å². The number of nitriles is 1. The van der Waals surface area contributed by atoms with Gasteiger partial charge in [-0.25, -0.2) is 13.2 Å². The Bertz CT molecular complexity index is 837. The summed E-state index contributed by atoms with van der Waals surface area (Å²) in [4.78, 5) is 0.546. The fraction of sp³-hybridized carbons (Fsp3) is 0.235. The van der Waals surface area contributed by atoms with E-state index in [9.17, 15) is 18.3 Å². The van der Waals surface area contributed by atoms with Crippen LogP contribution in [0.2, 0.25) is 0 Å². The zero-order valence-electron chi connectivity index (χ0n) is 12.5. The number of ether oxygens (including phenoxy) is 1. The molecule has 0 radical (unpaired) electrons. The number of fused-ring (bicyclic) bond motifs is 1. The average Bonchev–Trinajstić information content (AvgIpc) is 2.80. The van der Waals surface area contributed by atoms with Crippen molar-refractivity contribution in [1.82, 2.24) is 0 Å². The summed E-state index contributed by atoms with van der Waals surface area (Å²) in [6.07, 6.45) is -3.98. The van der Waals surface area contributed by atoms with E-state index in [0.717, 1.165) is 12.1 Å². The van der Waals surface area contributed by atoms with E-state index in [1.807, 2.05) is 0 Å². The summed E-state index contributed by atoms with van der Waals surface area (Å²) in [5, 5.41) is 18.8. The number of hydrogen-bond acceptors (Lipinski definition) is 4. The highest BCUT2D eigenvalue weighted by molar-refractivity contribution is 7.98. The Morgan fingerprint density at radius 3 is 2.62 bits per heavy atom. The summed E-state index contributed by atoms with van der Waals surface area (Å²) in [6.45, 7) is 0. The molecule has 3 rings (SSSR count). The van der Waals surface area contributed by atoms with E-state index >= 15 is 0 Å². The topological polar surface area (TPSA) is 53.2 Å². The highest BCUT2D eigenvalue weighted by Crippen LogP contribution is 2.51. The Balaban J connectivity index is 2.08. The molecule has 2 aromatic rings. The van der Waals surface area contributed by atoms with E-state index in [4.69, 9.17) is 10.00 Å². The van der Waals surface area contributed by atoms with Crippen molar-refractivity contribution in [2.24, 2.45) is 0 Å². The second-order valence-corrected chi connectivity index (χ2v) is 6.12. The van der Waals surface area contributed by atoms with Crippen LogP contribution in [0.1, 0.15) is 29.0 Å². The van der Waals surface area contributed by atoms with Gasteiger partial charge >= 0.3 is 0 Å². The summed E-state index contributed by atoms with van der Waals surface area (Å²) < 4.78 is 47.2. The average molecular weight is 351 g/mol. The van der Waals surface area contributed by atoms with Crippen LogP contribution in [0.5, 0.6) is 11.5 Å². The zero-order chi connectivity index (χ0) is 17.4. The SMILES string of the molecule is CSc1ccc(Oc2cc(F)cc(C#N)c2)c2c1C(O)C(F)C2F. The van der Waals surface area contributed by atoms with E-state index in [2.05, 4.69) is 0 Å². The minimum Gasteiger partial charge on any atom is -0.457 e. The first kappa shape index (κ1) is 16.7. The molecule has 24 heavy (non-hydrogen) atoms. The molecule has 0 heterocycles. The molecule has 124 valence electrons. The van der Waals surface area contributed by atoms with Gasteiger partial charge in [0.1, 0.15) is 23.4 Å². The molecule has 0 amide bonds. The van der Waals surface area contributed by atoms with Gasteiger partial charge in [-0.3, -0.25) is 0 Å². The number of nitrogens with zero attached hydrogens (tertiary/aromatic N) is 1. The van der Waals surface area contributed by atoms with Crippen LogP contribution in [0.25, 0.3) is 0 Å². The Hall–Kier alpha value is -2.17. The van der Waals surface area contributed by atoms with E-state index in [1.54, 1.807) is 18.4 Å². The third-order valence-electron chi connectivity index (χ3n) is 3.81. The maximum atomic E-state index is 14.3. The lowest BCUT2D eigenvalue weighted by atomic mass is 10.1. The molecule has 3 atom stereocenters. The highest BCUT2D eigenvalue weighted by atomic mass is 32.2. The van der Waals surface area contributed by atoms with Crippen LogP contribution >= 0.6 is 11.8 Å². The van der Waals surface area contributed by atoms with Crippen LogP contribution < -0.4 is 4.74 Å². The first-order chi connectivity index (χ1) is 11.5. The van der Waals surface area contributed by atoms with Crippen molar-refractivity contribution in [1.29, 1.82) is 5.26 Å². The van der Waals surface area contributed by atoms with Crippen LogP contribution in [-0.2, 0) is 0 Å². The van der Waals surface area contributed by atoms with Crippen molar-refractivity contribution < 1.29 is 23.0 Å². The van der Waals surface area contributed by atoms with Crippen molar-refractivity contribution in [3.8, 4) is 17.6 Å². The van der Waals surface area contributed by atoms with E-state index in [-0.39, 0.29) is 28.2 Å². The maximum Gasteiger partial charge on any atom is 0.165 e. The molecule has 3 unspecified atom stereocenters. The molecule has 0 spiro atoms. The number of benzene rings is 2.